The van der Waals surface area contributed by atoms with Gasteiger partial charge in [-0.3, -0.25) is 5.10 Å². The maximum atomic E-state index is 9.05. The number of aryl methyl sites for hydroxylation is 1. The fraction of sp³-hybridized carbons (Fsp3) is 0.182. The van der Waals surface area contributed by atoms with Gasteiger partial charge in [0.2, 0.25) is 0 Å². The molecule has 0 fully saturated rings. The van der Waals surface area contributed by atoms with E-state index in [4.69, 9.17) is 5.11 Å². The number of hydrogen-bond donors (Lipinski definition) is 2. The van der Waals surface area contributed by atoms with Crippen LogP contribution in [0.2, 0.25) is 0 Å². The highest BCUT2D eigenvalue weighted by atomic mass is 16.3. The molecule has 14 heavy (non-hydrogen) atoms. The predicted octanol–water partition coefficient (Wildman–Crippen LogP) is 1.88. The van der Waals surface area contributed by atoms with Gasteiger partial charge in [0.05, 0.1) is 18.5 Å². The maximum Gasteiger partial charge on any atom is 0.0853 e. The van der Waals surface area contributed by atoms with Crippen LogP contribution in [0.25, 0.3) is 11.1 Å². The summed E-state index contributed by atoms with van der Waals surface area (Å²) in [6.45, 7) is 2.04. The molecule has 2 rings (SSSR count). The van der Waals surface area contributed by atoms with Crippen molar-refractivity contribution >= 4 is 0 Å². The highest BCUT2D eigenvalue weighted by Gasteiger charge is 2.05. The summed E-state index contributed by atoms with van der Waals surface area (Å²) in [5.41, 5.74) is 4.03. The smallest absolute Gasteiger partial charge is 0.0853 e. The van der Waals surface area contributed by atoms with Gasteiger partial charge >= 0.3 is 0 Å². The number of rotatable bonds is 2. The maximum absolute atomic E-state index is 9.05. The van der Waals surface area contributed by atoms with Crippen LogP contribution >= 0.6 is 0 Å². The van der Waals surface area contributed by atoms with Crippen molar-refractivity contribution in [2.24, 2.45) is 0 Å². The van der Waals surface area contributed by atoms with E-state index in [0.29, 0.717) is 0 Å². The van der Waals surface area contributed by atoms with Crippen LogP contribution in [-0.4, -0.2) is 15.3 Å². The van der Waals surface area contributed by atoms with Gasteiger partial charge in [0.1, 0.15) is 0 Å². The van der Waals surface area contributed by atoms with Crippen LogP contribution in [0, 0.1) is 6.92 Å². The summed E-state index contributed by atoms with van der Waals surface area (Å²) in [4.78, 5) is 0. The second-order valence-corrected chi connectivity index (χ2v) is 3.29. The third-order valence-electron chi connectivity index (χ3n) is 2.24. The average Bonchev–Trinajstić information content (AvgIpc) is 2.67. The topological polar surface area (TPSA) is 48.9 Å². The molecule has 0 amide bonds. The zero-order valence-corrected chi connectivity index (χ0v) is 7.99. The summed E-state index contributed by atoms with van der Waals surface area (Å²) < 4.78 is 0. The summed E-state index contributed by atoms with van der Waals surface area (Å²) in [6, 6.07) is 8.14. The lowest BCUT2D eigenvalue weighted by Crippen LogP contribution is -1.86. The minimum atomic E-state index is -0.0107. The molecule has 1 heterocycles. The molecule has 2 aromatic rings. The van der Waals surface area contributed by atoms with Gasteiger partial charge in [-0.1, -0.05) is 29.8 Å². The van der Waals surface area contributed by atoms with E-state index in [9.17, 15) is 0 Å². The SMILES string of the molecule is Cc1ccc(-c2cn[nH]c2CO)cc1. The quantitative estimate of drug-likeness (QED) is 0.756. The molecular weight excluding hydrogens is 176 g/mol. The number of aromatic amines is 1. The van der Waals surface area contributed by atoms with Gasteiger partial charge < -0.3 is 5.11 Å². The van der Waals surface area contributed by atoms with Gasteiger partial charge in [-0.2, -0.15) is 5.10 Å². The van der Waals surface area contributed by atoms with Gasteiger partial charge in [0, 0.05) is 5.56 Å². The standard InChI is InChI=1S/C11H12N2O/c1-8-2-4-9(5-3-8)10-6-12-13-11(10)7-14/h2-6,14H,7H2,1H3,(H,12,13). The van der Waals surface area contributed by atoms with E-state index in [0.717, 1.165) is 16.8 Å². The van der Waals surface area contributed by atoms with E-state index in [1.165, 1.54) is 5.56 Å². The van der Waals surface area contributed by atoms with Crippen LogP contribution in [0.3, 0.4) is 0 Å². The summed E-state index contributed by atoms with van der Waals surface area (Å²) in [5, 5.41) is 15.7. The van der Waals surface area contributed by atoms with Crippen molar-refractivity contribution in [3.05, 3.63) is 41.7 Å². The zero-order valence-electron chi connectivity index (χ0n) is 7.99. The first-order chi connectivity index (χ1) is 6.81. The number of hydrogen-bond acceptors (Lipinski definition) is 2. The van der Waals surface area contributed by atoms with Crippen LogP contribution in [0.1, 0.15) is 11.3 Å². The largest absolute Gasteiger partial charge is 0.390 e. The highest BCUT2D eigenvalue weighted by molar-refractivity contribution is 5.65. The molecule has 0 saturated carbocycles. The van der Waals surface area contributed by atoms with Crippen molar-refractivity contribution in [2.75, 3.05) is 0 Å². The average molecular weight is 188 g/mol. The molecule has 0 spiro atoms. The number of nitrogens with one attached hydrogen (secondary N) is 1. The summed E-state index contributed by atoms with van der Waals surface area (Å²) in [5.74, 6) is 0. The van der Waals surface area contributed by atoms with E-state index >= 15 is 0 Å². The molecule has 0 aliphatic carbocycles. The number of aliphatic hydroxyl groups is 1. The Labute approximate surface area is 82.4 Å². The number of aromatic nitrogens is 2. The van der Waals surface area contributed by atoms with Crippen LogP contribution in [0.15, 0.2) is 30.5 Å². The third kappa shape index (κ3) is 1.54. The molecule has 0 aliphatic heterocycles. The van der Waals surface area contributed by atoms with Crippen molar-refractivity contribution in [3.63, 3.8) is 0 Å². The Balaban J connectivity index is 2.44. The second-order valence-electron chi connectivity index (χ2n) is 3.29. The fourth-order valence-electron chi connectivity index (χ4n) is 1.42. The first-order valence-electron chi connectivity index (χ1n) is 4.51. The third-order valence-corrected chi connectivity index (χ3v) is 2.24. The Bertz CT molecular complexity index is 417. The molecule has 0 radical (unpaired) electrons. The van der Waals surface area contributed by atoms with Crippen molar-refractivity contribution in [3.8, 4) is 11.1 Å². The monoisotopic (exact) mass is 188 g/mol. The minimum Gasteiger partial charge on any atom is -0.390 e. The first kappa shape index (κ1) is 8.97. The molecule has 0 aliphatic rings. The zero-order chi connectivity index (χ0) is 9.97. The van der Waals surface area contributed by atoms with E-state index < -0.39 is 0 Å². The Morgan fingerprint density at radius 2 is 2.00 bits per heavy atom. The second kappa shape index (κ2) is 3.64. The summed E-state index contributed by atoms with van der Waals surface area (Å²) in [7, 11) is 0. The van der Waals surface area contributed by atoms with Gasteiger partial charge in [0.15, 0.2) is 0 Å². The number of H-pyrrole nitrogens is 1. The molecule has 72 valence electrons. The van der Waals surface area contributed by atoms with Gasteiger partial charge in [-0.15, -0.1) is 0 Å². The van der Waals surface area contributed by atoms with E-state index in [1.807, 2.05) is 31.2 Å². The molecule has 0 saturated heterocycles. The molecule has 0 unspecified atom stereocenters. The van der Waals surface area contributed by atoms with E-state index in [-0.39, 0.29) is 6.61 Å². The van der Waals surface area contributed by atoms with Crippen LogP contribution < -0.4 is 0 Å². The lowest BCUT2D eigenvalue weighted by atomic mass is 10.1. The van der Waals surface area contributed by atoms with Crippen molar-refractivity contribution in [2.45, 2.75) is 13.5 Å². The Morgan fingerprint density at radius 3 is 2.64 bits per heavy atom. The van der Waals surface area contributed by atoms with Crippen LogP contribution in [-0.2, 0) is 6.61 Å². The van der Waals surface area contributed by atoms with Crippen molar-refractivity contribution in [1.82, 2.24) is 10.2 Å². The fourth-order valence-corrected chi connectivity index (χ4v) is 1.42. The van der Waals surface area contributed by atoms with Gasteiger partial charge in [-0.05, 0) is 12.5 Å². The minimum absolute atomic E-state index is 0.0107. The summed E-state index contributed by atoms with van der Waals surface area (Å²) in [6.07, 6.45) is 1.73. The van der Waals surface area contributed by atoms with E-state index in [2.05, 4.69) is 10.2 Å². The number of nitrogens with zero attached hydrogens (tertiary/aromatic N) is 1. The molecule has 1 aromatic carbocycles. The molecule has 0 bridgehead atoms. The van der Waals surface area contributed by atoms with Gasteiger partial charge in [-0.25, -0.2) is 0 Å². The molecule has 0 atom stereocenters. The van der Waals surface area contributed by atoms with E-state index in [1.54, 1.807) is 6.20 Å². The Kier molecular flexibility index (Phi) is 2.33. The first-order valence-corrected chi connectivity index (χ1v) is 4.51. The molecule has 3 heteroatoms. The lowest BCUT2D eigenvalue weighted by molar-refractivity contribution is 0.277. The van der Waals surface area contributed by atoms with Crippen molar-refractivity contribution < 1.29 is 5.11 Å². The summed E-state index contributed by atoms with van der Waals surface area (Å²) >= 11 is 0. The molecule has 3 nitrogen and oxygen atoms in total. The van der Waals surface area contributed by atoms with Crippen LogP contribution in [0.4, 0.5) is 0 Å². The molecule has 2 N–H and O–H groups in total. The highest BCUT2D eigenvalue weighted by Crippen LogP contribution is 2.21. The Morgan fingerprint density at radius 1 is 1.29 bits per heavy atom. The normalized spacial score (nSPS) is 10.4. The van der Waals surface area contributed by atoms with Gasteiger partial charge in [0.25, 0.3) is 0 Å². The molecule has 1 aromatic heterocycles. The Hall–Kier alpha value is -1.61. The van der Waals surface area contributed by atoms with Crippen molar-refractivity contribution in [1.29, 1.82) is 0 Å². The number of aliphatic hydroxyl groups excluding tert-OH is 1. The number of benzene rings is 1. The lowest BCUT2D eigenvalue weighted by Gasteiger charge is -2.00. The van der Waals surface area contributed by atoms with Crippen LogP contribution in [0.5, 0.6) is 0 Å². The predicted molar refractivity (Wildman–Crippen MR) is 54.7 cm³/mol. The molecular formula is C11H12N2O.